The largest absolute Gasteiger partial charge is 0.457 e. The molecule has 0 fully saturated rings. The number of amides is 4. The number of aryl methyl sites for hydroxylation is 4. The van der Waals surface area contributed by atoms with E-state index >= 15 is 0 Å². The topological polar surface area (TPSA) is 207 Å². The van der Waals surface area contributed by atoms with Crippen LogP contribution in [0.5, 0.6) is 46.0 Å². The Bertz CT molecular complexity index is 4010. The van der Waals surface area contributed by atoms with Crippen molar-refractivity contribution in [1.29, 1.82) is 21.0 Å². The number of nitrogens with zero attached hydrogens (tertiary/aromatic N) is 6. The molecular formula is C67H42N6O8. The van der Waals surface area contributed by atoms with Crippen LogP contribution >= 0.6 is 0 Å². The molecule has 0 radical (unpaired) electrons. The molecule has 4 amide bonds. The summed E-state index contributed by atoms with van der Waals surface area (Å²) in [5.41, 5.74) is 8.85. The molecule has 14 nitrogen and oxygen atoms in total. The first-order valence-electron chi connectivity index (χ1n) is 25.4. The van der Waals surface area contributed by atoms with E-state index in [1.807, 2.05) is 70.2 Å². The van der Waals surface area contributed by atoms with Gasteiger partial charge >= 0.3 is 0 Å². The number of nitriles is 4. The molecule has 2 aliphatic heterocycles. The predicted molar refractivity (Wildman–Crippen MR) is 299 cm³/mol. The van der Waals surface area contributed by atoms with E-state index in [-0.39, 0.29) is 50.4 Å². The standard InChI is InChI=1S/C67H42N6O8/c1-38-26-45(27-39(2)62(38)80-55-22-24-57-59(32-55)66(76)72(64(57)74)49-12-18-51(19-13-49)78-53-16-10-43(34-68)47(30-53)36-70)61(42-8-6-5-7-9-42)46-28-40(3)63(41(4)29-46)81-56-23-25-58-60(33-56)67(77)73(65(58)75)50-14-20-52(21-15-50)79-54-17-11-44(35-69)48(31-54)37-71/h5-33,61H,1-4H3. The van der Waals surface area contributed by atoms with Crippen LogP contribution in [-0.4, -0.2) is 23.6 Å². The molecule has 0 spiro atoms. The molecule has 0 saturated heterocycles. The van der Waals surface area contributed by atoms with E-state index in [0.717, 1.165) is 48.7 Å². The van der Waals surface area contributed by atoms with Crippen LogP contribution < -0.4 is 28.7 Å². The first kappa shape index (κ1) is 51.5. The van der Waals surface area contributed by atoms with Crippen molar-refractivity contribution in [3.8, 4) is 70.3 Å². The second-order valence-corrected chi connectivity index (χ2v) is 19.4. The number of carbonyl (C=O) groups excluding carboxylic acids is 4. The molecule has 9 aromatic carbocycles. The highest BCUT2D eigenvalue weighted by molar-refractivity contribution is 6.35. The lowest BCUT2D eigenvalue weighted by molar-refractivity contribution is 0.0910. The maximum absolute atomic E-state index is 13.9. The second-order valence-electron chi connectivity index (χ2n) is 19.4. The zero-order chi connectivity index (χ0) is 56.6. The van der Waals surface area contributed by atoms with Gasteiger partial charge in [-0.15, -0.1) is 0 Å². The Morgan fingerprint density at radius 1 is 0.333 bits per heavy atom. The average molecular weight is 1060 g/mol. The number of benzene rings is 9. The van der Waals surface area contributed by atoms with Gasteiger partial charge in [-0.2, -0.15) is 21.0 Å². The lowest BCUT2D eigenvalue weighted by Gasteiger charge is -2.24. The summed E-state index contributed by atoms with van der Waals surface area (Å²) in [7, 11) is 0. The number of ether oxygens (including phenoxy) is 4. The molecule has 0 unspecified atom stereocenters. The molecule has 0 aromatic heterocycles. The molecule has 0 N–H and O–H groups in total. The van der Waals surface area contributed by atoms with Crippen molar-refractivity contribution in [2.24, 2.45) is 0 Å². The van der Waals surface area contributed by atoms with Crippen molar-refractivity contribution in [2.75, 3.05) is 9.80 Å². The van der Waals surface area contributed by atoms with E-state index in [0.29, 0.717) is 57.4 Å². The lowest BCUT2D eigenvalue weighted by atomic mass is 9.82. The zero-order valence-electron chi connectivity index (χ0n) is 43.8. The third-order valence-corrected chi connectivity index (χ3v) is 14.0. The first-order valence-corrected chi connectivity index (χ1v) is 25.4. The van der Waals surface area contributed by atoms with Gasteiger partial charge in [0.25, 0.3) is 23.6 Å². The highest BCUT2D eigenvalue weighted by Crippen LogP contribution is 2.42. The minimum atomic E-state index is -0.505. The quantitative estimate of drug-likeness (QED) is 0.0781. The SMILES string of the molecule is Cc1cc(C(c2ccccc2)c2cc(C)c(Oc3ccc4c(c3)C(=O)N(c3ccc(Oc5ccc(C#N)c(C#N)c5)cc3)C4=O)c(C)c2)cc(C)c1Oc1ccc2c(c1)C(=O)N(c1ccc(Oc3ccc(C#N)c(C#N)c3)cc1)C2=O. The summed E-state index contributed by atoms with van der Waals surface area (Å²) in [6.45, 7) is 7.87. The van der Waals surface area contributed by atoms with Gasteiger partial charge < -0.3 is 18.9 Å². The van der Waals surface area contributed by atoms with Crippen LogP contribution in [0.3, 0.4) is 0 Å². The van der Waals surface area contributed by atoms with Crippen molar-refractivity contribution in [1.82, 2.24) is 0 Å². The van der Waals surface area contributed by atoms with Crippen LogP contribution in [-0.2, 0) is 0 Å². The number of fused-ring (bicyclic) bond motifs is 2. The maximum Gasteiger partial charge on any atom is 0.266 e. The van der Waals surface area contributed by atoms with Crippen molar-refractivity contribution in [3.05, 3.63) is 259 Å². The molecule has 11 rings (SSSR count). The summed E-state index contributed by atoms with van der Waals surface area (Å²) in [6, 6.07) is 58.1. The summed E-state index contributed by atoms with van der Waals surface area (Å²) in [4.78, 5) is 57.4. The summed E-state index contributed by atoms with van der Waals surface area (Å²) in [5, 5.41) is 37.3. The van der Waals surface area contributed by atoms with Crippen molar-refractivity contribution in [3.63, 3.8) is 0 Å². The van der Waals surface area contributed by atoms with Gasteiger partial charge in [0.1, 0.15) is 70.3 Å². The minimum Gasteiger partial charge on any atom is -0.457 e. The van der Waals surface area contributed by atoms with Gasteiger partial charge in [0.2, 0.25) is 0 Å². The molecule has 9 aromatic rings. The Labute approximate surface area is 465 Å². The average Bonchev–Trinajstić information content (AvgIpc) is 4.13. The highest BCUT2D eigenvalue weighted by atomic mass is 16.5. The summed E-state index contributed by atoms with van der Waals surface area (Å²) >= 11 is 0. The molecule has 0 bridgehead atoms. The fourth-order valence-electron chi connectivity index (χ4n) is 10.3. The van der Waals surface area contributed by atoms with E-state index in [2.05, 4.69) is 36.4 Å². The van der Waals surface area contributed by atoms with Crippen LogP contribution in [0.4, 0.5) is 11.4 Å². The number of carbonyl (C=O) groups is 4. The lowest BCUT2D eigenvalue weighted by Crippen LogP contribution is -2.29. The van der Waals surface area contributed by atoms with E-state index < -0.39 is 23.6 Å². The number of hydrogen-bond donors (Lipinski definition) is 0. The molecule has 0 saturated carbocycles. The van der Waals surface area contributed by atoms with Gasteiger partial charge in [0, 0.05) is 5.92 Å². The fraction of sp³-hybridized carbons (Fsp3) is 0.0746. The molecule has 2 heterocycles. The molecule has 2 aliphatic rings. The predicted octanol–water partition coefficient (Wildman–Crippen LogP) is 14.4. The second kappa shape index (κ2) is 21.1. The van der Waals surface area contributed by atoms with E-state index in [1.54, 1.807) is 97.1 Å². The Hall–Kier alpha value is -11.6. The first-order chi connectivity index (χ1) is 39.2. The molecule has 0 aliphatic carbocycles. The Morgan fingerprint density at radius 2 is 0.667 bits per heavy atom. The van der Waals surface area contributed by atoms with Crippen LogP contribution in [0.2, 0.25) is 0 Å². The van der Waals surface area contributed by atoms with E-state index in [4.69, 9.17) is 18.9 Å². The zero-order valence-corrected chi connectivity index (χ0v) is 43.8. The highest BCUT2D eigenvalue weighted by Gasteiger charge is 2.39. The smallest absolute Gasteiger partial charge is 0.266 e. The summed E-state index contributed by atoms with van der Waals surface area (Å²) < 4.78 is 24.9. The molecular weight excluding hydrogens is 1020 g/mol. The van der Waals surface area contributed by atoms with Crippen LogP contribution in [0.1, 0.15) is 109 Å². The summed E-state index contributed by atoms with van der Waals surface area (Å²) in [6.07, 6.45) is 0. The maximum atomic E-state index is 13.9. The van der Waals surface area contributed by atoms with Gasteiger partial charge in [-0.3, -0.25) is 19.2 Å². The number of hydrogen-bond acceptors (Lipinski definition) is 12. The van der Waals surface area contributed by atoms with Crippen molar-refractivity contribution in [2.45, 2.75) is 33.6 Å². The Kier molecular flexibility index (Phi) is 13.4. The van der Waals surface area contributed by atoms with Crippen LogP contribution in [0.15, 0.2) is 176 Å². The Balaban J connectivity index is 0.795. The molecule has 81 heavy (non-hydrogen) atoms. The van der Waals surface area contributed by atoms with Gasteiger partial charge in [0.15, 0.2) is 0 Å². The molecule has 388 valence electrons. The van der Waals surface area contributed by atoms with Crippen LogP contribution in [0, 0.1) is 73.0 Å². The molecule has 0 atom stereocenters. The van der Waals surface area contributed by atoms with Crippen LogP contribution in [0.25, 0.3) is 0 Å². The molecule has 14 heteroatoms. The number of imide groups is 2. The number of anilines is 2. The third kappa shape index (κ3) is 9.70. The summed E-state index contributed by atoms with van der Waals surface area (Å²) in [5.74, 6) is 1.30. The van der Waals surface area contributed by atoms with E-state index in [9.17, 15) is 40.2 Å². The normalized spacial score (nSPS) is 12.3. The third-order valence-electron chi connectivity index (χ3n) is 14.0. The van der Waals surface area contributed by atoms with Gasteiger partial charge in [-0.25, -0.2) is 9.80 Å². The fourth-order valence-corrected chi connectivity index (χ4v) is 10.3. The Morgan fingerprint density at radius 3 is 1.04 bits per heavy atom. The van der Waals surface area contributed by atoms with Gasteiger partial charge in [0.05, 0.1) is 55.9 Å². The van der Waals surface area contributed by atoms with Gasteiger partial charge in [-0.05, 0) is 188 Å². The monoisotopic (exact) mass is 1060 g/mol. The van der Waals surface area contributed by atoms with Gasteiger partial charge in [-0.1, -0.05) is 54.6 Å². The van der Waals surface area contributed by atoms with E-state index in [1.165, 1.54) is 24.3 Å². The minimum absolute atomic E-state index is 0.180. The van der Waals surface area contributed by atoms with Crippen molar-refractivity contribution >= 4 is 35.0 Å². The van der Waals surface area contributed by atoms with Crippen molar-refractivity contribution < 1.29 is 38.1 Å². The number of rotatable bonds is 13.